The van der Waals surface area contributed by atoms with Crippen molar-refractivity contribution in [2.45, 2.75) is 19.5 Å². The molecule has 1 fully saturated rings. The monoisotopic (exact) mass is 464 g/mol. The molecular formula is C26H29FN4O3. The van der Waals surface area contributed by atoms with Crippen LogP contribution in [0.5, 0.6) is 0 Å². The lowest BCUT2D eigenvalue weighted by Crippen LogP contribution is -2.50. The van der Waals surface area contributed by atoms with E-state index in [4.69, 9.17) is 4.42 Å². The quantitative estimate of drug-likeness (QED) is 0.526. The Morgan fingerprint density at radius 1 is 0.941 bits per heavy atom. The smallest absolute Gasteiger partial charge is 0.309 e. The summed E-state index contributed by atoms with van der Waals surface area (Å²) in [4.78, 5) is 29.1. The molecule has 4 rings (SSSR count). The van der Waals surface area contributed by atoms with Gasteiger partial charge in [-0.1, -0.05) is 29.8 Å². The lowest BCUT2D eigenvalue weighted by molar-refractivity contribution is -0.139. The lowest BCUT2D eigenvalue weighted by atomic mass is 10.1. The van der Waals surface area contributed by atoms with Crippen molar-refractivity contribution in [2.24, 2.45) is 0 Å². The highest BCUT2D eigenvalue weighted by Crippen LogP contribution is 2.24. The molecule has 0 radical (unpaired) electrons. The van der Waals surface area contributed by atoms with E-state index in [1.165, 1.54) is 12.1 Å². The van der Waals surface area contributed by atoms with Gasteiger partial charge < -0.3 is 20.0 Å². The first-order valence-corrected chi connectivity index (χ1v) is 11.4. The molecule has 3 aromatic rings. The summed E-state index contributed by atoms with van der Waals surface area (Å²) in [6, 6.07) is 17.8. The van der Waals surface area contributed by atoms with Crippen LogP contribution in [-0.4, -0.2) is 49.4 Å². The number of aryl methyl sites for hydroxylation is 1. The highest BCUT2D eigenvalue weighted by atomic mass is 19.1. The fourth-order valence-electron chi connectivity index (χ4n) is 4.07. The molecular weight excluding hydrogens is 435 g/mol. The zero-order chi connectivity index (χ0) is 23.9. The van der Waals surface area contributed by atoms with Crippen molar-refractivity contribution in [3.8, 4) is 0 Å². The van der Waals surface area contributed by atoms with Crippen LogP contribution in [0.25, 0.3) is 0 Å². The van der Waals surface area contributed by atoms with Crippen molar-refractivity contribution in [3.63, 3.8) is 0 Å². The third-order valence-electron chi connectivity index (χ3n) is 6.05. The SMILES string of the molecule is Cc1ccc(CNC(=O)C(=O)NCC(c2ccco2)N2CCN(c3ccc(F)cc3)CC2)cc1. The molecule has 2 N–H and O–H groups in total. The van der Waals surface area contributed by atoms with Gasteiger partial charge in [0.05, 0.1) is 12.3 Å². The molecule has 178 valence electrons. The Morgan fingerprint density at radius 2 is 1.62 bits per heavy atom. The maximum absolute atomic E-state index is 13.2. The van der Waals surface area contributed by atoms with Gasteiger partial charge in [-0.2, -0.15) is 0 Å². The number of nitrogens with zero attached hydrogens (tertiary/aromatic N) is 2. The molecule has 1 unspecified atom stereocenters. The van der Waals surface area contributed by atoms with Gasteiger partial charge in [-0.15, -0.1) is 0 Å². The highest BCUT2D eigenvalue weighted by Gasteiger charge is 2.28. The number of benzene rings is 2. The van der Waals surface area contributed by atoms with E-state index >= 15 is 0 Å². The zero-order valence-corrected chi connectivity index (χ0v) is 19.2. The van der Waals surface area contributed by atoms with Gasteiger partial charge in [0, 0.05) is 45.0 Å². The average molecular weight is 465 g/mol. The molecule has 1 aliphatic heterocycles. The van der Waals surface area contributed by atoms with E-state index < -0.39 is 11.8 Å². The third kappa shape index (κ3) is 6.02. The van der Waals surface area contributed by atoms with Crippen LogP contribution in [-0.2, 0) is 16.1 Å². The molecule has 34 heavy (non-hydrogen) atoms. The number of halogens is 1. The molecule has 1 atom stereocenters. The Bertz CT molecular complexity index is 1080. The summed E-state index contributed by atoms with van der Waals surface area (Å²) in [6.45, 7) is 5.52. The summed E-state index contributed by atoms with van der Waals surface area (Å²) in [5.41, 5.74) is 3.05. The minimum Gasteiger partial charge on any atom is -0.468 e. The molecule has 0 saturated carbocycles. The average Bonchev–Trinajstić information content (AvgIpc) is 3.39. The number of nitrogens with one attached hydrogen (secondary N) is 2. The van der Waals surface area contributed by atoms with Gasteiger partial charge in [-0.25, -0.2) is 4.39 Å². The Labute approximate surface area is 198 Å². The number of carbonyl (C=O) groups excluding carboxylic acids is 2. The molecule has 0 bridgehead atoms. The minimum absolute atomic E-state index is 0.195. The zero-order valence-electron chi connectivity index (χ0n) is 19.2. The van der Waals surface area contributed by atoms with Crippen LogP contribution in [0.15, 0.2) is 71.3 Å². The molecule has 7 nitrogen and oxygen atoms in total. The second-order valence-corrected chi connectivity index (χ2v) is 8.41. The van der Waals surface area contributed by atoms with Crippen LogP contribution in [0.4, 0.5) is 10.1 Å². The fourth-order valence-corrected chi connectivity index (χ4v) is 4.07. The van der Waals surface area contributed by atoms with E-state index in [0.29, 0.717) is 6.54 Å². The first-order chi connectivity index (χ1) is 16.5. The van der Waals surface area contributed by atoms with Crippen molar-refractivity contribution in [2.75, 3.05) is 37.6 Å². The minimum atomic E-state index is -0.673. The number of amides is 2. The standard InChI is InChI=1S/C26H29FN4O3/c1-19-4-6-20(7-5-19)17-28-25(32)26(33)29-18-23(24-3-2-16-34-24)31-14-12-30(13-15-31)22-10-8-21(27)9-11-22/h2-11,16,23H,12-15,17-18H2,1H3,(H,28,32)(H,29,33). The van der Waals surface area contributed by atoms with E-state index in [1.807, 2.05) is 43.3 Å². The van der Waals surface area contributed by atoms with Gasteiger partial charge in [0.1, 0.15) is 11.6 Å². The third-order valence-corrected chi connectivity index (χ3v) is 6.05. The number of hydrogen-bond acceptors (Lipinski definition) is 5. The Balaban J connectivity index is 1.31. The van der Waals surface area contributed by atoms with E-state index in [2.05, 4.69) is 20.4 Å². The predicted molar refractivity (Wildman–Crippen MR) is 128 cm³/mol. The summed E-state index contributed by atoms with van der Waals surface area (Å²) in [5, 5.41) is 5.42. The molecule has 1 aliphatic rings. The maximum atomic E-state index is 13.2. The summed E-state index contributed by atoms with van der Waals surface area (Å²) >= 11 is 0. The summed E-state index contributed by atoms with van der Waals surface area (Å²) < 4.78 is 18.9. The lowest BCUT2D eigenvalue weighted by Gasteiger charge is -2.39. The van der Waals surface area contributed by atoms with Crippen LogP contribution in [0.3, 0.4) is 0 Å². The van der Waals surface area contributed by atoms with Gasteiger partial charge in [0.2, 0.25) is 0 Å². The van der Waals surface area contributed by atoms with E-state index in [-0.39, 0.29) is 18.4 Å². The molecule has 0 aliphatic carbocycles. The van der Waals surface area contributed by atoms with Gasteiger partial charge >= 0.3 is 11.8 Å². The maximum Gasteiger partial charge on any atom is 0.309 e. The van der Waals surface area contributed by atoms with E-state index in [0.717, 1.165) is 48.8 Å². The summed E-state index contributed by atoms with van der Waals surface area (Å²) in [5.74, 6) is -0.858. The topological polar surface area (TPSA) is 77.8 Å². The number of piperazine rings is 1. The van der Waals surface area contributed by atoms with Crippen molar-refractivity contribution >= 4 is 17.5 Å². The van der Waals surface area contributed by atoms with Crippen molar-refractivity contribution in [1.82, 2.24) is 15.5 Å². The van der Waals surface area contributed by atoms with Gasteiger partial charge in [0.25, 0.3) is 0 Å². The number of carbonyl (C=O) groups is 2. The Hall–Kier alpha value is -3.65. The van der Waals surface area contributed by atoms with Crippen LogP contribution in [0.2, 0.25) is 0 Å². The number of hydrogen-bond donors (Lipinski definition) is 2. The van der Waals surface area contributed by atoms with Gasteiger partial charge in [-0.3, -0.25) is 14.5 Å². The van der Waals surface area contributed by atoms with Crippen LogP contribution >= 0.6 is 0 Å². The van der Waals surface area contributed by atoms with E-state index in [9.17, 15) is 14.0 Å². The molecule has 8 heteroatoms. The normalized spacial score (nSPS) is 15.1. The first kappa shape index (κ1) is 23.5. The number of furan rings is 1. The largest absolute Gasteiger partial charge is 0.468 e. The predicted octanol–water partition coefficient (Wildman–Crippen LogP) is 3.02. The van der Waals surface area contributed by atoms with Crippen molar-refractivity contribution < 1.29 is 18.4 Å². The number of anilines is 1. The van der Waals surface area contributed by atoms with Crippen molar-refractivity contribution in [1.29, 1.82) is 0 Å². The second kappa shape index (κ2) is 11.0. The van der Waals surface area contributed by atoms with Gasteiger partial charge in [0.15, 0.2) is 0 Å². The van der Waals surface area contributed by atoms with Crippen molar-refractivity contribution in [3.05, 3.63) is 89.6 Å². The molecule has 1 saturated heterocycles. The molecule has 0 spiro atoms. The summed E-state index contributed by atoms with van der Waals surface area (Å²) in [6.07, 6.45) is 1.60. The Kier molecular flexibility index (Phi) is 7.59. The van der Waals surface area contributed by atoms with Crippen LogP contribution < -0.4 is 15.5 Å². The van der Waals surface area contributed by atoms with Gasteiger partial charge in [-0.05, 0) is 48.9 Å². The first-order valence-electron chi connectivity index (χ1n) is 11.4. The highest BCUT2D eigenvalue weighted by molar-refractivity contribution is 6.35. The second-order valence-electron chi connectivity index (χ2n) is 8.41. The Morgan fingerprint density at radius 3 is 2.26 bits per heavy atom. The van der Waals surface area contributed by atoms with Crippen LogP contribution in [0, 0.1) is 12.7 Å². The van der Waals surface area contributed by atoms with E-state index in [1.54, 1.807) is 18.4 Å². The molecule has 2 heterocycles. The van der Waals surface area contributed by atoms with Crippen LogP contribution in [0.1, 0.15) is 22.9 Å². The number of rotatable bonds is 7. The fraction of sp³-hybridized carbons (Fsp3) is 0.308. The summed E-state index contributed by atoms with van der Waals surface area (Å²) in [7, 11) is 0. The molecule has 2 aromatic carbocycles. The molecule has 2 amide bonds. The molecule has 1 aromatic heterocycles.